The summed E-state index contributed by atoms with van der Waals surface area (Å²) in [6, 6.07) is -2.76. The molecule has 1 aliphatic heterocycles. The van der Waals surface area contributed by atoms with Gasteiger partial charge in [-0.15, -0.1) is 0 Å². The van der Waals surface area contributed by atoms with Crippen molar-refractivity contribution in [2.45, 2.75) is 83.3 Å². The van der Waals surface area contributed by atoms with Gasteiger partial charge in [0.1, 0.15) is 18.1 Å². The first-order chi connectivity index (χ1) is 18.6. The molecule has 9 N–H and O–H groups in total. The molecule has 0 spiro atoms. The molecule has 14 nitrogen and oxygen atoms in total. The van der Waals surface area contributed by atoms with Gasteiger partial charge in [0.25, 0.3) is 0 Å². The molecule has 5 amide bonds. The van der Waals surface area contributed by atoms with Crippen LogP contribution in [0.2, 0.25) is 0 Å². The van der Waals surface area contributed by atoms with Gasteiger partial charge in [0.05, 0.1) is 6.33 Å². The second-order valence-electron chi connectivity index (χ2n) is 10.3. The number of amides is 5. The van der Waals surface area contributed by atoms with Crippen LogP contribution >= 0.6 is 0 Å². The Morgan fingerprint density at radius 3 is 2.51 bits per heavy atom. The van der Waals surface area contributed by atoms with Gasteiger partial charge in [-0.1, -0.05) is 13.8 Å². The predicted octanol–water partition coefficient (Wildman–Crippen LogP) is -0.915. The summed E-state index contributed by atoms with van der Waals surface area (Å²) in [4.78, 5) is 72.1. The fourth-order valence-electron chi connectivity index (χ4n) is 4.78. The van der Waals surface area contributed by atoms with Crippen LogP contribution in [-0.2, 0) is 30.4 Å². The number of carbonyl (C=O) groups is 5. The number of nitrogens with zero attached hydrogens (tertiary/aromatic N) is 2. The van der Waals surface area contributed by atoms with E-state index in [2.05, 4.69) is 20.6 Å². The topological polar surface area (TPSA) is 226 Å². The normalized spacial score (nSPS) is 17.4. The van der Waals surface area contributed by atoms with Gasteiger partial charge in [0.15, 0.2) is 0 Å². The molecule has 39 heavy (non-hydrogen) atoms. The number of hydrogen-bond acceptors (Lipinski definition) is 8. The maximum atomic E-state index is 13.7. The first-order valence-corrected chi connectivity index (χ1v) is 13.4. The maximum Gasteiger partial charge on any atom is 0.246 e. The number of aromatic nitrogens is 2. The summed E-state index contributed by atoms with van der Waals surface area (Å²) < 4.78 is 0. The summed E-state index contributed by atoms with van der Waals surface area (Å²) in [7, 11) is 0. The lowest BCUT2D eigenvalue weighted by atomic mass is 9.92. The molecule has 4 atom stereocenters. The minimum absolute atomic E-state index is 0.0729. The van der Waals surface area contributed by atoms with Crippen molar-refractivity contribution in [3.05, 3.63) is 18.2 Å². The monoisotopic (exact) mass is 550 g/mol. The highest BCUT2D eigenvalue weighted by Crippen LogP contribution is 2.21. The molecule has 2 rings (SSSR count). The number of imidazole rings is 1. The van der Waals surface area contributed by atoms with Crippen LogP contribution in [0, 0.1) is 11.8 Å². The number of nitrogens with one attached hydrogen (secondary N) is 4. The van der Waals surface area contributed by atoms with Crippen LogP contribution in [-0.4, -0.2) is 80.8 Å². The first-order valence-electron chi connectivity index (χ1n) is 13.4. The van der Waals surface area contributed by atoms with E-state index in [4.69, 9.17) is 16.7 Å². The number of primary amides is 1. The Morgan fingerprint density at radius 1 is 1.18 bits per heavy atom. The quantitative estimate of drug-likeness (QED) is 0.0772. The predicted molar refractivity (Wildman–Crippen MR) is 140 cm³/mol. The third kappa shape index (κ3) is 9.94. The van der Waals surface area contributed by atoms with Crippen LogP contribution in [0.15, 0.2) is 12.5 Å². The highest BCUT2D eigenvalue weighted by Gasteiger charge is 2.39. The summed E-state index contributed by atoms with van der Waals surface area (Å²) in [5.74, 6) is -3.55. The SMILES string of the molecule is CC(C)C[C@H](CC(=O)NO)C(=O)N[C@@H](Cc1cnc[nH]1)C(=O)N1CCC[C@H]1C(=O)N[C@@H](CCCCN)C(N)=O. The standard InChI is InChI=1S/C25H42N8O6/c1-15(2)10-16(11-21(34)32-39)23(36)31-19(12-17-13-28-14-29-17)25(38)33-9-5-7-20(33)24(37)30-18(22(27)35)6-3-4-8-26/h13-16,18-20,39H,3-12,26H2,1-2H3,(H2,27,35)(H,28,29)(H,30,37)(H,31,36)(H,32,34)/t16-,18+,19+,20+/m1/s1. The van der Waals surface area contributed by atoms with Gasteiger partial charge in [-0.2, -0.15) is 0 Å². The summed E-state index contributed by atoms with van der Waals surface area (Å²) in [5, 5.41) is 14.4. The van der Waals surface area contributed by atoms with Gasteiger partial charge in [-0.25, -0.2) is 10.5 Å². The molecule has 218 valence electrons. The average Bonchev–Trinajstić information content (AvgIpc) is 3.59. The maximum absolute atomic E-state index is 13.7. The lowest BCUT2D eigenvalue weighted by molar-refractivity contribution is -0.143. The second kappa shape index (κ2) is 15.8. The second-order valence-corrected chi connectivity index (χ2v) is 10.3. The van der Waals surface area contributed by atoms with E-state index >= 15 is 0 Å². The summed E-state index contributed by atoms with van der Waals surface area (Å²) in [5.41, 5.74) is 13.1. The van der Waals surface area contributed by atoms with E-state index in [9.17, 15) is 24.0 Å². The summed E-state index contributed by atoms with van der Waals surface area (Å²) in [6.45, 7) is 4.54. The molecule has 0 bridgehead atoms. The fraction of sp³-hybridized carbons (Fsp3) is 0.680. The molecular weight excluding hydrogens is 508 g/mol. The van der Waals surface area contributed by atoms with Gasteiger partial charge < -0.3 is 32.0 Å². The van der Waals surface area contributed by atoms with Crippen molar-refractivity contribution in [2.24, 2.45) is 23.3 Å². The molecule has 1 aromatic heterocycles. The number of likely N-dealkylation sites (tertiary alicyclic amines) is 1. The lowest BCUT2D eigenvalue weighted by Gasteiger charge is -2.30. The molecule has 1 aromatic rings. The summed E-state index contributed by atoms with van der Waals surface area (Å²) in [6.07, 6.45) is 5.77. The van der Waals surface area contributed by atoms with E-state index in [1.165, 1.54) is 17.4 Å². The zero-order valence-corrected chi connectivity index (χ0v) is 22.7. The largest absolute Gasteiger partial charge is 0.368 e. The Morgan fingerprint density at radius 2 is 1.92 bits per heavy atom. The van der Waals surface area contributed by atoms with Crippen molar-refractivity contribution in [1.29, 1.82) is 0 Å². The highest BCUT2D eigenvalue weighted by atomic mass is 16.5. The van der Waals surface area contributed by atoms with Crippen molar-refractivity contribution in [2.75, 3.05) is 13.1 Å². The van der Waals surface area contributed by atoms with E-state index in [0.717, 1.165) is 0 Å². The number of nitrogens with two attached hydrogens (primary N) is 2. The van der Waals surface area contributed by atoms with Gasteiger partial charge in [-0.3, -0.25) is 29.2 Å². The highest BCUT2D eigenvalue weighted by molar-refractivity contribution is 5.95. The molecule has 0 aromatic carbocycles. The van der Waals surface area contributed by atoms with Crippen molar-refractivity contribution in [3.63, 3.8) is 0 Å². The Balaban J connectivity index is 2.21. The van der Waals surface area contributed by atoms with Crippen LogP contribution < -0.4 is 27.6 Å². The van der Waals surface area contributed by atoms with Crippen molar-refractivity contribution < 1.29 is 29.2 Å². The molecule has 1 saturated heterocycles. The minimum Gasteiger partial charge on any atom is -0.368 e. The smallest absolute Gasteiger partial charge is 0.246 e. The third-order valence-electron chi connectivity index (χ3n) is 6.72. The van der Waals surface area contributed by atoms with E-state index < -0.39 is 53.6 Å². The molecule has 0 saturated carbocycles. The molecule has 0 aliphatic carbocycles. The van der Waals surface area contributed by atoms with Crippen LogP contribution in [0.1, 0.15) is 64.5 Å². The Kier molecular flexibility index (Phi) is 12.8. The third-order valence-corrected chi connectivity index (χ3v) is 6.72. The number of hydrogen-bond donors (Lipinski definition) is 7. The molecule has 2 heterocycles. The van der Waals surface area contributed by atoms with Crippen molar-refractivity contribution >= 4 is 29.5 Å². The molecule has 0 radical (unpaired) electrons. The summed E-state index contributed by atoms with van der Waals surface area (Å²) >= 11 is 0. The number of H-pyrrole nitrogens is 1. The average molecular weight is 551 g/mol. The molecule has 0 unspecified atom stereocenters. The van der Waals surface area contributed by atoms with E-state index in [0.29, 0.717) is 57.3 Å². The van der Waals surface area contributed by atoms with E-state index in [1.54, 1.807) is 5.48 Å². The number of aromatic amines is 1. The molecule has 14 heteroatoms. The fourth-order valence-corrected chi connectivity index (χ4v) is 4.78. The van der Waals surface area contributed by atoms with Crippen LogP contribution in [0.25, 0.3) is 0 Å². The van der Waals surface area contributed by atoms with Crippen molar-refractivity contribution in [3.8, 4) is 0 Å². The van der Waals surface area contributed by atoms with Crippen LogP contribution in [0.5, 0.6) is 0 Å². The van der Waals surface area contributed by atoms with Gasteiger partial charge in [-0.05, 0) is 51.0 Å². The number of carbonyl (C=O) groups excluding carboxylic acids is 5. The Hall–Kier alpha value is -3.52. The lowest BCUT2D eigenvalue weighted by Crippen LogP contribution is -2.57. The molecular formula is C25H42N8O6. The molecule has 1 aliphatic rings. The van der Waals surface area contributed by atoms with E-state index in [1.807, 2.05) is 13.8 Å². The zero-order valence-electron chi connectivity index (χ0n) is 22.7. The zero-order chi connectivity index (χ0) is 28.9. The van der Waals surface area contributed by atoms with Gasteiger partial charge in [0, 0.05) is 37.2 Å². The number of rotatable bonds is 16. The van der Waals surface area contributed by atoms with E-state index in [-0.39, 0.29) is 18.8 Å². The van der Waals surface area contributed by atoms with Crippen molar-refractivity contribution in [1.82, 2.24) is 31.0 Å². The number of unbranched alkanes of at least 4 members (excludes halogenated alkanes) is 1. The van der Waals surface area contributed by atoms with Gasteiger partial charge in [0.2, 0.25) is 29.5 Å². The molecule has 1 fully saturated rings. The Labute approximate surface area is 228 Å². The Bertz CT molecular complexity index is 970. The minimum atomic E-state index is -1.05. The number of hydroxylamine groups is 1. The van der Waals surface area contributed by atoms with Crippen LogP contribution in [0.4, 0.5) is 0 Å². The van der Waals surface area contributed by atoms with Gasteiger partial charge >= 0.3 is 0 Å². The first kappa shape index (κ1) is 31.7. The van der Waals surface area contributed by atoms with Crippen LogP contribution in [0.3, 0.4) is 0 Å².